The van der Waals surface area contributed by atoms with Crippen molar-refractivity contribution >= 4 is 38.8 Å². The number of rotatable bonds is 3. The van der Waals surface area contributed by atoms with Crippen LogP contribution in [0.1, 0.15) is 17.3 Å². The van der Waals surface area contributed by atoms with E-state index in [2.05, 4.69) is 26.8 Å². The van der Waals surface area contributed by atoms with E-state index in [0.717, 1.165) is 38.2 Å². The molecule has 1 unspecified atom stereocenters. The second-order valence-corrected chi connectivity index (χ2v) is 8.29. The van der Waals surface area contributed by atoms with Crippen LogP contribution < -0.4 is 5.32 Å². The molecule has 7 heteroatoms. The van der Waals surface area contributed by atoms with Gasteiger partial charge in [0.2, 0.25) is 0 Å². The first-order chi connectivity index (χ1) is 14.2. The van der Waals surface area contributed by atoms with E-state index in [4.69, 9.17) is 4.98 Å². The molecule has 3 heterocycles. The first-order valence-corrected chi connectivity index (χ1v) is 11.2. The van der Waals surface area contributed by atoms with Crippen molar-refractivity contribution in [2.45, 2.75) is 6.04 Å². The number of fused-ring (bicyclic) bond motifs is 1. The summed E-state index contributed by atoms with van der Waals surface area (Å²) in [6.45, 7) is 0. The molecule has 0 aliphatic carbocycles. The maximum Gasteiger partial charge on any atom is 0.194 e. The number of thioether (sulfide) groups is 1. The smallest absolute Gasteiger partial charge is 0.194 e. The van der Waals surface area contributed by atoms with Crippen LogP contribution in [0.15, 0.2) is 77.4 Å². The van der Waals surface area contributed by atoms with Crippen molar-refractivity contribution in [3.8, 4) is 17.0 Å². The molecule has 0 spiro atoms. The van der Waals surface area contributed by atoms with Crippen LogP contribution in [0.25, 0.3) is 21.8 Å². The Morgan fingerprint density at radius 3 is 2.72 bits per heavy atom. The minimum absolute atomic E-state index is 0.126. The number of hydrogen-bond donors (Lipinski definition) is 2. The van der Waals surface area contributed by atoms with Crippen LogP contribution in [0, 0.1) is 0 Å². The van der Waals surface area contributed by atoms with Gasteiger partial charge in [0, 0.05) is 28.9 Å². The van der Waals surface area contributed by atoms with Gasteiger partial charge in [0.05, 0.1) is 17.4 Å². The first kappa shape index (κ1) is 18.0. The Morgan fingerprint density at radius 2 is 1.93 bits per heavy atom. The summed E-state index contributed by atoms with van der Waals surface area (Å²) in [4.78, 5) is 10.4. The van der Waals surface area contributed by atoms with E-state index in [0.29, 0.717) is 0 Å². The first-order valence-electron chi connectivity index (χ1n) is 9.13. The Morgan fingerprint density at radius 1 is 1.10 bits per heavy atom. The minimum atomic E-state index is -0.126. The Balaban J connectivity index is 1.73. The number of hydrogen-bond acceptors (Lipinski definition) is 6. The van der Waals surface area contributed by atoms with Crippen LogP contribution in [-0.4, -0.2) is 25.9 Å². The number of aliphatic imine (C=N–C) groups is 1. The quantitative estimate of drug-likeness (QED) is 0.482. The second kappa shape index (κ2) is 7.42. The van der Waals surface area contributed by atoms with Crippen molar-refractivity contribution < 1.29 is 5.11 Å². The fraction of sp³-hybridized carbons (Fsp3) is 0.0909. The summed E-state index contributed by atoms with van der Waals surface area (Å²) < 4.78 is 2.13. The number of amidine groups is 1. The van der Waals surface area contributed by atoms with E-state index in [1.165, 1.54) is 0 Å². The SMILES string of the molecule is CSC1=NC=C(c2ccccc2)C(c2c(-c3cccc(O)c3)nc3sccn23)N1. The summed E-state index contributed by atoms with van der Waals surface area (Å²) >= 11 is 3.18. The van der Waals surface area contributed by atoms with Crippen molar-refractivity contribution in [3.63, 3.8) is 0 Å². The number of phenolic OH excluding ortho intramolecular Hbond substituents is 1. The molecule has 144 valence electrons. The Labute approximate surface area is 176 Å². The van der Waals surface area contributed by atoms with Gasteiger partial charge in [0.25, 0.3) is 0 Å². The lowest BCUT2D eigenvalue weighted by molar-refractivity contribution is 0.475. The van der Waals surface area contributed by atoms with Crippen molar-refractivity contribution in [2.24, 2.45) is 4.99 Å². The van der Waals surface area contributed by atoms with E-state index < -0.39 is 0 Å². The van der Waals surface area contributed by atoms with E-state index in [1.807, 2.05) is 54.4 Å². The maximum absolute atomic E-state index is 10.0. The van der Waals surface area contributed by atoms with Gasteiger partial charge < -0.3 is 10.4 Å². The number of thiazole rings is 1. The molecule has 0 radical (unpaired) electrons. The summed E-state index contributed by atoms with van der Waals surface area (Å²) in [5.74, 6) is 0.228. The molecule has 0 fully saturated rings. The molecule has 2 N–H and O–H groups in total. The third-order valence-electron chi connectivity index (χ3n) is 4.89. The van der Waals surface area contributed by atoms with Crippen LogP contribution in [0.2, 0.25) is 0 Å². The molecule has 0 amide bonds. The summed E-state index contributed by atoms with van der Waals surface area (Å²) in [5, 5.41) is 16.5. The molecule has 0 saturated heterocycles. The number of phenols is 1. The zero-order valence-electron chi connectivity index (χ0n) is 15.6. The summed E-state index contributed by atoms with van der Waals surface area (Å²) in [6, 6.07) is 17.4. The highest BCUT2D eigenvalue weighted by atomic mass is 32.2. The lowest BCUT2D eigenvalue weighted by Crippen LogP contribution is -2.30. The number of benzene rings is 2. The van der Waals surface area contributed by atoms with Gasteiger partial charge in [-0.05, 0) is 24.0 Å². The van der Waals surface area contributed by atoms with Crippen molar-refractivity contribution in [2.75, 3.05) is 6.26 Å². The number of aromatic hydroxyl groups is 1. The molecule has 2 aromatic heterocycles. The second-order valence-electron chi connectivity index (χ2n) is 6.62. The van der Waals surface area contributed by atoms with Crippen LogP contribution in [0.4, 0.5) is 0 Å². The molecule has 1 atom stereocenters. The standard InChI is InChI=1S/C22H18N4OS2/c1-28-21-23-13-17(14-6-3-2-4-7-14)19(24-21)20-18(15-8-5-9-16(27)12-15)25-22-26(20)10-11-29-22/h2-13,19,27H,1H3,(H,23,24). The average Bonchev–Trinajstić information content (AvgIpc) is 3.35. The molecule has 5 nitrogen and oxygen atoms in total. The van der Waals surface area contributed by atoms with E-state index in [-0.39, 0.29) is 11.8 Å². The van der Waals surface area contributed by atoms with Gasteiger partial charge in [0.1, 0.15) is 5.75 Å². The molecule has 1 aliphatic rings. The Kier molecular flexibility index (Phi) is 4.61. The van der Waals surface area contributed by atoms with Crippen molar-refractivity contribution in [1.82, 2.24) is 14.7 Å². The monoisotopic (exact) mass is 418 g/mol. The number of nitrogens with one attached hydrogen (secondary N) is 1. The number of aromatic nitrogens is 2. The summed E-state index contributed by atoms with van der Waals surface area (Å²) in [6.07, 6.45) is 6.00. The summed E-state index contributed by atoms with van der Waals surface area (Å²) in [7, 11) is 0. The zero-order chi connectivity index (χ0) is 19.8. The summed E-state index contributed by atoms with van der Waals surface area (Å²) in [5.41, 5.74) is 4.97. The van der Waals surface area contributed by atoms with Gasteiger partial charge in [-0.1, -0.05) is 54.2 Å². The van der Waals surface area contributed by atoms with Crippen LogP contribution in [-0.2, 0) is 0 Å². The van der Waals surface area contributed by atoms with Gasteiger partial charge in [-0.2, -0.15) is 0 Å². The molecule has 29 heavy (non-hydrogen) atoms. The predicted molar refractivity (Wildman–Crippen MR) is 121 cm³/mol. The lowest BCUT2D eigenvalue weighted by atomic mass is 9.94. The van der Waals surface area contributed by atoms with Gasteiger partial charge in [-0.3, -0.25) is 4.40 Å². The van der Waals surface area contributed by atoms with Crippen LogP contribution in [0.5, 0.6) is 5.75 Å². The van der Waals surface area contributed by atoms with Gasteiger partial charge >= 0.3 is 0 Å². The van der Waals surface area contributed by atoms with Gasteiger partial charge in [-0.25, -0.2) is 9.98 Å². The van der Waals surface area contributed by atoms with Gasteiger partial charge in [0.15, 0.2) is 10.1 Å². The zero-order valence-corrected chi connectivity index (χ0v) is 17.2. The third-order valence-corrected chi connectivity index (χ3v) is 6.26. The third kappa shape index (κ3) is 3.22. The molecular weight excluding hydrogens is 400 g/mol. The molecule has 0 bridgehead atoms. The number of imidazole rings is 1. The van der Waals surface area contributed by atoms with E-state index in [1.54, 1.807) is 35.2 Å². The van der Waals surface area contributed by atoms with E-state index in [9.17, 15) is 5.11 Å². The fourth-order valence-corrected chi connectivity index (χ4v) is 4.70. The normalized spacial score (nSPS) is 16.4. The van der Waals surface area contributed by atoms with Crippen LogP contribution >= 0.6 is 23.1 Å². The average molecular weight is 419 g/mol. The van der Waals surface area contributed by atoms with Crippen LogP contribution in [0.3, 0.4) is 0 Å². The van der Waals surface area contributed by atoms with Crippen molar-refractivity contribution in [3.05, 3.63) is 83.6 Å². The molecular formula is C22H18N4OS2. The highest BCUT2D eigenvalue weighted by Crippen LogP contribution is 2.39. The van der Waals surface area contributed by atoms with Gasteiger partial charge in [-0.15, -0.1) is 11.3 Å². The Hall–Kier alpha value is -3.03. The molecule has 1 aliphatic heterocycles. The molecule has 4 aromatic rings. The van der Waals surface area contributed by atoms with Crippen molar-refractivity contribution in [1.29, 1.82) is 0 Å². The molecule has 5 rings (SSSR count). The highest BCUT2D eigenvalue weighted by Gasteiger charge is 2.29. The number of nitrogens with zero attached hydrogens (tertiary/aromatic N) is 3. The minimum Gasteiger partial charge on any atom is -0.508 e. The lowest BCUT2D eigenvalue weighted by Gasteiger charge is -2.26. The molecule has 0 saturated carbocycles. The van der Waals surface area contributed by atoms with E-state index >= 15 is 0 Å². The topological polar surface area (TPSA) is 61.9 Å². The fourth-order valence-electron chi connectivity index (χ4n) is 3.58. The molecule has 2 aromatic carbocycles. The maximum atomic E-state index is 10.0. The highest BCUT2D eigenvalue weighted by molar-refractivity contribution is 8.13. The Bertz CT molecular complexity index is 1240. The predicted octanol–water partition coefficient (Wildman–Crippen LogP) is 5.17. The largest absolute Gasteiger partial charge is 0.508 e.